The molecule has 3 nitrogen and oxygen atoms in total. The summed E-state index contributed by atoms with van der Waals surface area (Å²) < 4.78 is 55.1. The number of anilines is 1. The maximum atomic E-state index is 14.8. The van der Waals surface area contributed by atoms with Gasteiger partial charge in [-0.3, -0.25) is 0 Å². The van der Waals surface area contributed by atoms with Crippen LogP contribution in [0.5, 0.6) is 0 Å². The van der Waals surface area contributed by atoms with Crippen molar-refractivity contribution in [3.63, 3.8) is 0 Å². The van der Waals surface area contributed by atoms with Gasteiger partial charge in [-0.15, -0.1) is 11.6 Å². The van der Waals surface area contributed by atoms with Crippen LogP contribution in [0, 0.1) is 17.7 Å². The lowest BCUT2D eigenvalue weighted by Crippen LogP contribution is -2.31. The fourth-order valence-electron chi connectivity index (χ4n) is 5.01. The van der Waals surface area contributed by atoms with E-state index in [1.807, 2.05) is 19.2 Å². The van der Waals surface area contributed by atoms with Crippen LogP contribution < -0.4 is 5.32 Å². The van der Waals surface area contributed by atoms with Gasteiger partial charge in [-0.25, -0.2) is 9.37 Å². The zero-order valence-electron chi connectivity index (χ0n) is 19.0. The highest BCUT2D eigenvalue weighted by Gasteiger charge is 2.41. The number of benzene rings is 1. The van der Waals surface area contributed by atoms with Crippen molar-refractivity contribution in [2.24, 2.45) is 18.9 Å². The fraction of sp³-hybridized carbons (Fsp3) is 0.560. The van der Waals surface area contributed by atoms with Crippen LogP contribution >= 0.6 is 23.2 Å². The van der Waals surface area contributed by atoms with Crippen LogP contribution in [-0.4, -0.2) is 27.1 Å². The van der Waals surface area contributed by atoms with Crippen molar-refractivity contribution in [1.82, 2.24) is 9.55 Å². The van der Waals surface area contributed by atoms with Gasteiger partial charge >= 0.3 is 6.18 Å². The number of rotatable bonds is 7. The summed E-state index contributed by atoms with van der Waals surface area (Å²) in [5.41, 5.74) is 1.96. The zero-order valence-corrected chi connectivity index (χ0v) is 20.5. The molecule has 2 aliphatic rings. The lowest BCUT2D eigenvalue weighted by atomic mass is 9.79. The highest BCUT2D eigenvalue weighted by atomic mass is 35.5. The van der Waals surface area contributed by atoms with Crippen molar-refractivity contribution in [3.05, 3.63) is 46.8 Å². The van der Waals surface area contributed by atoms with Crippen molar-refractivity contribution >= 4 is 40.2 Å². The topological polar surface area (TPSA) is 29.9 Å². The minimum absolute atomic E-state index is 0.234. The van der Waals surface area contributed by atoms with Gasteiger partial charge in [-0.2, -0.15) is 13.2 Å². The first-order valence-electron chi connectivity index (χ1n) is 11.8. The molecule has 0 saturated heterocycles. The molecule has 0 bridgehead atoms. The number of hydrogen-bond acceptors (Lipinski definition) is 2. The van der Waals surface area contributed by atoms with E-state index in [1.54, 1.807) is 16.7 Å². The molecule has 4 rings (SSSR count). The Bertz CT molecular complexity index is 1070. The van der Waals surface area contributed by atoms with E-state index < -0.39 is 12.1 Å². The van der Waals surface area contributed by atoms with Crippen LogP contribution in [0.3, 0.4) is 0 Å². The van der Waals surface area contributed by atoms with Gasteiger partial charge in [-0.05, 0) is 62.1 Å². The smallest absolute Gasteiger partial charge is 0.346 e. The molecule has 2 aliphatic carbocycles. The molecule has 0 amide bonds. The van der Waals surface area contributed by atoms with Crippen LogP contribution in [0.15, 0.2) is 35.4 Å². The van der Waals surface area contributed by atoms with E-state index >= 15 is 0 Å². The summed E-state index contributed by atoms with van der Waals surface area (Å²) in [6.45, 7) is 0. The number of aromatic nitrogens is 2. The molecule has 186 valence electrons. The molecule has 2 aromatic rings. The van der Waals surface area contributed by atoms with E-state index in [0.29, 0.717) is 52.8 Å². The van der Waals surface area contributed by atoms with Crippen molar-refractivity contribution < 1.29 is 17.6 Å². The molecule has 0 aliphatic heterocycles. The van der Waals surface area contributed by atoms with Gasteiger partial charge in [0.15, 0.2) is 0 Å². The van der Waals surface area contributed by atoms with Gasteiger partial charge in [0.25, 0.3) is 0 Å². The molecular formula is C25H29Cl2F4N3. The van der Waals surface area contributed by atoms with Gasteiger partial charge in [0.05, 0.1) is 28.4 Å². The number of nitrogens with one attached hydrogen (secondary N) is 1. The predicted octanol–water partition coefficient (Wildman–Crippen LogP) is 7.87. The second-order valence-electron chi connectivity index (χ2n) is 9.43. The van der Waals surface area contributed by atoms with Gasteiger partial charge in [0.2, 0.25) is 5.95 Å². The van der Waals surface area contributed by atoms with Gasteiger partial charge in [-0.1, -0.05) is 36.6 Å². The molecule has 2 unspecified atom stereocenters. The second kappa shape index (κ2) is 10.5. The van der Waals surface area contributed by atoms with E-state index in [2.05, 4.69) is 10.3 Å². The third-order valence-electron chi connectivity index (χ3n) is 7.12. The van der Waals surface area contributed by atoms with Crippen molar-refractivity contribution in [2.75, 3.05) is 5.32 Å². The van der Waals surface area contributed by atoms with Gasteiger partial charge < -0.3 is 9.88 Å². The number of aryl methyl sites for hydroxylation is 2. The van der Waals surface area contributed by atoms with E-state index in [-0.39, 0.29) is 30.1 Å². The Labute approximate surface area is 207 Å². The molecular weight excluding hydrogens is 489 g/mol. The Morgan fingerprint density at radius 1 is 1.15 bits per heavy atom. The minimum Gasteiger partial charge on any atom is -0.346 e. The van der Waals surface area contributed by atoms with Crippen LogP contribution in [0.25, 0.3) is 11.0 Å². The third-order valence-corrected chi connectivity index (χ3v) is 7.88. The predicted molar refractivity (Wildman–Crippen MR) is 130 cm³/mol. The molecule has 1 fully saturated rings. The zero-order chi connectivity index (χ0) is 24.5. The molecule has 1 saturated carbocycles. The average Bonchev–Trinajstić information content (AvgIpc) is 3.08. The van der Waals surface area contributed by atoms with Gasteiger partial charge in [0.1, 0.15) is 5.82 Å². The Hall–Kier alpha value is -1.73. The number of fused-ring (bicyclic) bond motifs is 1. The molecule has 2 atom stereocenters. The maximum Gasteiger partial charge on any atom is 0.391 e. The lowest BCUT2D eigenvalue weighted by molar-refractivity contribution is -0.184. The van der Waals surface area contributed by atoms with Crippen LogP contribution in [-0.2, 0) is 13.5 Å². The first kappa shape index (κ1) is 25.4. The van der Waals surface area contributed by atoms with Crippen molar-refractivity contribution in [3.8, 4) is 0 Å². The Balaban J connectivity index is 1.33. The maximum absolute atomic E-state index is 14.8. The van der Waals surface area contributed by atoms with E-state index in [4.69, 9.17) is 23.2 Å². The van der Waals surface area contributed by atoms with E-state index in [9.17, 15) is 17.6 Å². The molecule has 1 aromatic carbocycles. The van der Waals surface area contributed by atoms with Gasteiger partial charge in [0, 0.05) is 18.1 Å². The molecule has 0 spiro atoms. The van der Waals surface area contributed by atoms with Crippen LogP contribution in [0.2, 0.25) is 0 Å². The summed E-state index contributed by atoms with van der Waals surface area (Å²) in [6, 6.07) is 2.96. The Morgan fingerprint density at radius 3 is 2.56 bits per heavy atom. The fourth-order valence-corrected chi connectivity index (χ4v) is 5.62. The molecule has 9 heteroatoms. The average molecular weight is 518 g/mol. The molecule has 0 radical (unpaired) electrons. The monoisotopic (exact) mass is 517 g/mol. The summed E-state index contributed by atoms with van der Waals surface area (Å²) in [5.74, 6) is -0.518. The highest BCUT2D eigenvalue weighted by Crippen LogP contribution is 2.40. The quantitative estimate of drug-likeness (QED) is 0.230. The number of nitrogens with zero attached hydrogens (tertiary/aromatic N) is 2. The number of hydrogen-bond donors (Lipinski definition) is 1. The summed E-state index contributed by atoms with van der Waals surface area (Å²) in [4.78, 5) is 4.63. The highest BCUT2D eigenvalue weighted by molar-refractivity contribution is 6.32. The molecule has 1 heterocycles. The molecule has 34 heavy (non-hydrogen) atoms. The number of allylic oxidation sites excluding steroid dienone is 2. The second-order valence-corrected chi connectivity index (χ2v) is 10.4. The van der Waals surface area contributed by atoms with Crippen LogP contribution in [0.1, 0.15) is 50.5 Å². The normalized spacial score (nSPS) is 25.6. The standard InChI is InChI=1S/C25H29Cl2F4N3/c1-34-22-14-20(28)16(6-3-2-5-15-9-11-17(12-10-15)25(29,30)31)13-21(22)32-24(34)33-23-18(26)7-4-8-19(23)27/h4,7-8,13-15,17-18,23H,2-3,5-6,9-12H2,1H3,(H,32,33). The van der Waals surface area contributed by atoms with Crippen molar-refractivity contribution in [2.45, 2.75) is 69.0 Å². The summed E-state index contributed by atoms with van der Waals surface area (Å²) in [6.07, 6.45) is 6.24. The number of alkyl halides is 4. The first-order valence-corrected chi connectivity index (χ1v) is 12.6. The summed E-state index contributed by atoms with van der Waals surface area (Å²) >= 11 is 12.7. The molecule has 1 N–H and O–H groups in total. The summed E-state index contributed by atoms with van der Waals surface area (Å²) in [5, 5.41) is 3.50. The minimum atomic E-state index is -4.07. The first-order chi connectivity index (χ1) is 16.1. The SMILES string of the molecule is Cn1c(NC2C(Cl)=CC=CC2Cl)nc2cc(CCCCC3CCC(C(F)(F)F)CC3)c(F)cc21. The number of imidazole rings is 1. The Kier molecular flexibility index (Phi) is 7.82. The number of halogens is 6. The van der Waals surface area contributed by atoms with Crippen LogP contribution in [0.4, 0.5) is 23.5 Å². The number of unbranched alkanes of at least 4 members (excludes halogenated alkanes) is 1. The lowest BCUT2D eigenvalue weighted by Gasteiger charge is -2.29. The Morgan fingerprint density at radius 2 is 1.88 bits per heavy atom. The third kappa shape index (κ3) is 5.73. The molecule has 1 aromatic heterocycles. The summed E-state index contributed by atoms with van der Waals surface area (Å²) in [7, 11) is 1.81. The largest absolute Gasteiger partial charge is 0.391 e. The van der Waals surface area contributed by atoms with E-state index in [1.165, 1.54) is 6.07 Å². The van der Waals surface area contributed by atoms with Crippen molar-refractivity contribution in [1.29, 1.82) is 0 Å². The van der Waals surface area contributed by atoms with E-state index in [0.717, 1.165) is 19.3 Å².